The van der Waals surface area contributed by atoms with Crippen molar-refractivity contribution in [2.24, 2.45) is 11.3 Å². The van der Waals surface area contributed by atoms with Crippen LogP contribution >= 0.6 is 0 Å². The molecule has 0 aliphatic carbocycles. The van der Waals surface area contributed by atoms with E-state index in [0.29, 0.717) is 36.9 Å². The molecule has 0 saturated carbocycles. The molecule has 4 amide bonds. The monoisotopic (exact) mass is 981 g/mol. The number of aromatic hydroxyl groups is 1. The number of likely N-dealkylation sites (N-methyl/N-ethyl adjacent to an activating group) is 2. The second-order valence-electron chi connectivity index (χ2n) is 21.4. The summed E-state index contributed by atoms with van der Waals surface area (Å²) in [6.45, 7) is 20.1. The first-order valence-electron chi connectivity index (χ1n) is 24.6. The highest BCUT2D eigenvalue weighted by Gasteiger charge is 2.61. The molecule has 6 bridgehead atoms. The van der Waals surface area contributed by atoms with Crippen LogP contribution in [0.15, 0.2) is 54.9 Å². The fourth-order valence-corrected chi connectivity index (χ4v) is 11.6. The first-order valence-corrected chi connectivity index (χ1v) is 25.7. The summed E-state index contributed by atoms with van der Waals surface area (Å²) in [5.41, 5.74) is 10.1. The van der Waals surface area contributed by atoms with Crippen molar-refractivity contribution in [3.8, 4) is 28.1 Å². The van der Waals surface area contributed by atoms with E-state index < -0.39 is 75.3 Å². The number of aromatic nitrogens is 2. The molecule has 7 rings (SSSR count). The Morgan fingerprint density at radius 1 is 1.07 bits per heavy atom. The van der Waals surface area contributed by atoms with Crippen molar-refractivity contribution in [3.63, 3.8) is 0 Å². The molecule has 17 heteroatoms. The number of carbonyl (C=O) groups is 5. The maximum Gasteiger partial charge on any atom is 0.324 e. The Morgan fingerprint density at radius 2 is 1.80 bits per heavy atom. The lowest BCUT2D eigenvalue weighted by atomic mass is 9.84. The molecule has 378 valence electrons. The third-order valence-corrected chi connectivity index (χ3v) is 15.9. The highest BCUT2D eigenvalue weighted by atomic mass is 32.2. The number of amides is 4. The van der Waals surface area contributed by atoms with Crippen molar-refractivity contribution in [2.45, 2.75) is 143 Å². The molecule has 70 heavy (non-hydrogen) atoms. The van der Waals surface area contributed by atoms with E-state index in [-0.39, 0.29) is 43.8 Å². The summed E-state index contributed by atoms with van der Waals surface area (Å²) >= 11 is -1.41. The zero-order valence-corrected chi connectivity index (χ0v) is 43.7. The van der Waals surface area contributed by atoms with Gasteiger partial charge in [0, 0.05) is 79.2 Å². The van der Waals surface area contributed by atoms with Crippen molar-refractivity contribution < 1.29 is 38.4 Å². The lowest BCUT2D eigenvalue weighted by Gasteiger charge is -2.37. The molecular weight excluding hydrogens is 909 g/mol. The Bertz CT molecular complexity index is 2640. The number of fused-ring (bicyclic) bond motifs is 6. The highest BCUT2D eigenvalue weighted by molar-refractivity contribution is 7.90. The number of esters is 1. The average Bonchev–Trinajstić information content (AvgIpc) is 3.89. The number of nitrogens with zero attached hydrogens (tertiary/aromatic N) is 6. The van der Waals surface area contributed by atoms with Gasteiger partial charge in [0.25, 0.3) is 5.91 Å². The van der Waals surface area contributed by atoms with E-state index in [1.807, 2.05) is 52.2 Å². The van der Waals surface area contributed by atoms with Gasteiger partial charge in [0.2, 0.25) is 17.7 Å². The first kappa shape index (κ1) is 52.3. The Kier molecular flexibility index (Phi) is 15.5. The zero-order valence-electron chi connectivity index (χ0n) is 42.9. The van der Waals surface area contributed by atoms with Crippen LogP contribution in [0.2, 0.25) is 0 Å². The molecule has 0 radical (unpaired) electrons. The molecule has 0 spiro atoms. The molecule has 2 aromatic heterocycles. The van der Waals surface area contributed by atoms with Crippen LogP contribution in [0.25, 0.3) is 33.3 Å². The van der Waals surface area contributed by atoms with Crippen LogP contribution in [0.4, 0.5) is 0 Å². The SMILES string of the molecule is CCc1ccncc1-c1c2c3cc(ccc3n1CC)-c1cc(O)cc(c1)C[C@H](NC(=O)[C@H](C(C)C)N(C)C(=O)CN(C)C(=O)[C@H]1[C@@H](C)N1[S+]([O-])C(C)(C)C)C(=O)N1CCC[C@H](N1)C(=O)OCC(C)(C)C2. The number of cyclic esters (lactones) is 1. The van der Waals surface area contributed by atoms with Gasteiger partial charge in [0.05, 0.1) is 24.9 Å². The first-order chi connectivity index (χ1) is 33.0. The number of hydrogen-bond acceptors (Lipinski definition) is 11. The summed E-state index contributed by atoms with van der Waals surface area (Å²) in [6.07, 6.45) is 6.01. The maximum absolute atomic E-state index is 14.8. The lowest BCUT2D eigenvalue weighted by Crippen LogP contribution is -2.62. The molecule has 4 aromatic rings. The van der Waals surface area contributed by atoms with Gasteiger partial charge in [-0.2, -0.15) is 0 Å². The predicted octanol–water partition coefficient (Wildman–Crippen LogP) is 5.78. The number of hydrogen-bond donors (Lipinski definition) is 3. The molecule has 16 nitrogen and oxygen atoms in total. The number of hydrazine groups is 1. The van der Waals surface area contributed by atoms with Crippen LogP contribution < -0.4 is 10.7 Å². The minimum absolute atomic E-state index is 0.0213. The van der Waals surface area contributed by atoms with Gasteiger partial charge < -0.3 is 34.1 Å². The second kappa shape index (κ2) is 20.7. The van der Waals surface area contributed by atoms with E-state index in [4.69, 9.17) is 4.74 Å². The number of pyridine rings is 1. The van der Waals surface area contributed by atoms with Crippen molar-refractivity contribution in [1.82, 2.24) is 39.4 Å². The van der Waals surface area contributed by atoms with Crippen molar-refractivity contribution in [1.29, 1.82) is 0 Å². The van der Waals surface area contributed by atoms with Crippen molar-refractivity contribution >= 4 is 51.9 Å². The summed E-state index contributed by atoms with van der Waals surface area (Å²) in [4.78, 5) is 77.9. The summed E-state index contributed by atoms with van der Waals surface area (Å²) in [6, 6.07) is 9.52. The summed E-state index contributed by atoms with van der Waals surface area (Å²) in [5, 5.41) is 16.7. The maximum atomic E-state index is 14.8. The topological polar surface area (TPSA) is 192 Å². The average molecular weight is 981 g/mol. The van der Waals surface area contributed by atoms with Crippen LogP contribution in [-0.2, 0) is 65.9 Å². The Balaban J connectivity index is 1.23. The molecule has 3 N–H and O–H groups in total. The summed E-state index contributed by atoms with van der Waals surface area (Å²) < 4.78 is 22.6. The van der Waals surface area contributed by atoms with Gasteiger partial charge in [0.1, 0.15) is 28.6 Å². The molecule has 5 heterocycles. The van der Waals surface area contributed by atoms with Crippen LogP contribution in [0.1, 0.15) is 98.8 Å². The molecule has 2 saturated heterocycles. The van der Waals surface area contributed by atoms with Gasteiger partial charge in [-0.1, -0.05) is 46.8 Å². The normalized spacial score (nSPS) is 22.5. The number of ether oxygens (including phenoxy) is 1. The molecule has 2 fully saturated rings. The quantitative estimate of drug-likeness (QED) is 0.0938. The van der Waals surface area contributed by atoms with Crippen molar-refractivity contribution in [3.05, 3.63) is 71.5 Å². The number of phenolic OH excluding ortho intramolecular Hbond substituents is 1. The molecule has 7 atom stereocenters. The van der Waals surface area contributed by atoms with Crippen molar-refractivity contribution in [2.75, 3.05) is 33.8 Å². The third kappa shape index (κ3) is 10.9. The number of nitrogens with one attached hydrogen (secondary N) is 2. The van der Waals surface area contributed by atoms with E-state index in [0.717, 1.165) is 39.7 Å². The van der Waals surface area contributed by atoms with Gasteiger partial charge in [-0.3, -0.25) is 34.0 Å². The molecule has 2 aromatic carbocycles. The number of rotatable bonds is 11. The number of carbonyl (C=O) groups excluding carboxylic acids is 5. The largest absolute Gasteiger partial charge is 0.597 e. The smallest absolute Gasteiger partial charge is 0.324 e. The van der Waals surface area contributed by atoms with Gasteiger partial charge in [-0.05, 0) is 124 Å². The molecular formula is C53H72N8O8S. The molecule has 3 aliphatic rings. The van der Waals surface area contributed by atoms with Gasteiger partial charge in [-0.15, -0.1) is 4.31 Å². The van der Waals surface area contributed by atoms with Crippen LogP contribution in [0.5, 0.6) is 5.75 Å². The van der Waals surface area contributed by atoms with E-state index in [2.05, 4.69) is 66.2 Å². The third-order valence-electron chi connectivity index (χ3n) is 13.9. The second-order valence-corrected chi connectivity index (χ2v) is 23.5. The molecule has 2 unspecified atom stereocenters. The fourth-order valence-electron chi connectivity index (χ4n) is 10.1. The van der Waals surface area contributed by atoms with E-state index >= 15 is 0 Å². The predicted molar refractivity (Wildman–Crippen MR) is 271 cm³/mol. The highest BCUT2D eigenvalue weighted by Crippen LogP contribution is 2.42. The van der Waals surface area contributed by atoms with E-state index in [1.165, 1.54) is 34.5 Å². The van der Waals surface area contributed by atoms with E-state index in [1.54, 1.807) is 30.3 Å². The Hall–Kier alpha value is -5.49. The zero-order chi connectivity index (χ0) is 51.1. The summed E-state index contributed by atoms with van der Waals surface area (Å²) in [7, 11) is 3.02. The van der Waals surface area contributed by atoms with Crippen LogP contribution in [0, 0.1) is 11.3 Å². The molecule has 3 aliphatic heterocycles. The van der Waals surface area contributed by atoms with Crippen LogP contribution in [-0.4, -0.2) is 137 Å². The summed E-state index contributed by atoms with van der Waals surface area (Å²) in [5.74, 6) is -2.86. The number of phenols is 1. The fraction of sp³-hybridized carbons (Fsp3) is 0.547. The number of benzene rings is 2. The Morgan fingerprint density at radius 3 is 2.47 bits per heavy atom. The van der Waals surface area contributed by atoms with E-state index in [9.17, 15) is 33.6 Å². The minimum Gasteiger partial charge on any atom is -0.597 e. The van der Waals surface area contributed by atoms with Gasteiger partial charge in [-0.25, -0.2) is 5.43 Å². The van der Waals surface area contributed by atoms with Gasteiger partial charge >= 0.3 is 5.97 Å². The van der Waals surface area contributed by atoms with Gasteiger partial charge in [0.15, 0.2) is 6.04 Å². The number of aryl methyl sites for hydroxylation is 2. The lowest BCUT2D eigenvalue weighted by molar-refractivity contribution is -0.155. The Labute approximate surface area is 415 Å². The van der Waals surface area contributed by atoms with Crippen LogP contribution in [0.3, 0.4) is 0 Å². The minimum atomic E-state index is -1.41. The standard InChI is InChI=1S/C53H72N8O8S/c1-13-34-19-20-54-28-40(34)47-39-27-53(9,10)30-69-51(67)41-16-15-21-60(56-41)49(65)42(24-33-22-36(25-37(62)23-33)35-17-18-43(38(39)26-35)59(47)14-2)55-48(64)45(31(3)4)58(12)44(63)29-57(11)50(66)46-32(5)61(46)70(68)52(6,7)8/h17-20,22-23,25-26,28,31-32,41-42,45-46,56,62H,13-16,21,24,27,29-30H2,1-12H3,(H,55,64)/t32-,41+,42+,45+,46-,61?,70?/m1/s1.